The van der Waals surface area contributed by atoms with Gasteiger partial charge in [-0.2, -0.15) is 0 Å². The van der Waals surface area contributed by atoms with Crippen LogP contribution in [0.15, 0.2) is 48.5 Å². The summed E-state index contributed by atoms with van der Waals surface area (Å²) in [5.41, 5.74) is 2.24. The highest BCUT2D eigenvalue weighted by atomic mass is 16.5. The lowest BCUT2D eigenvalue weighted by atomic mass is 10.2. The van der Waals surface area contributed by atoms with Crippen LogP contribution >= 0.6 is 0 Å². The molecule has 2 rings (SSSR count). The summed E-state index contributed by atoms with van der Waals surface area (Å²) in [6.07, 6.45) is -0.657. The number of aliphatic hydroxyl groups is 1. The van der Waals surface area contributed by atoms with Crippen LogP contribution in [0.2, 0.25) is 0 Å². The van der Waals surface area contributed by atoms with Crippen LogP contribution in [-0.4, -0.2) is 24.4 Å². The molecule has 3 nitrogen and oxygen atoms in total. The maximum atomic E-state index is 9.87. The fourth-order valence-corrected chi connectivity index (χ4v) is 1.78. The van der Waals surface area contributed by atoms with Crippen molar-refractivity contribution in [2.24, 2.45) is 0 Å². The van der Waals surface area contributed by atoms with Crippen LogP contribution in [0.4, 0.5) is 0 Å². The Morgan fingerprint density at radius 1 is 0.900 bits per heavy atom. The quantitative estimate of drug-likeness (QED) is 0.878. The standard InChI is InChI=1S/C17H20O3/c1-13-7-9-16(10-8-13)19-11-15(18)12-20-17-6-4-3-5-14(17)2/h3-10,15,18H,11-12H2,1-2H3. The van der Waals surface area contributed by atoms with Crippen LogP contribution in [0, 0.1) is 13.8 Å². The summed E-state index contributed by atoms with van der Waals surface area (Å²) < 4.78 is 11.1. The van der Waals surface area contributed by atoms with Gasteiger partial charge in [0.1, 0.15) is 30.8 Å². The lowest BCUT2D eigenvalue weighted by molar-refractivity contribution is 0.0624. The van der Waals surface area contributed by atoms with Gasteiger partial charge in [0.05, 0.1) is 0 Å². The summed E-state index contributed by atoms with van der Waals surface area (Å²) in [7, 11) is 0. The molecule has 1 unspecified atom stereocenters. The second kappa shape index (κ2) is 6.96. The Morgan fingerprint density at radius 3 is 2.25 bits per heavy atom. The summed E-state index contributed by atoms with van der Waals surface area (Å²) in [6, 6.07) is 15.5. The Labute approximate surface area is 119 Å². The third-order valence-electron chi connectivity index (χ3n) is 2.99. The number of rotatable bonds is 6. The van der Waals surface area contributed by atoms with Crippen LogP contribution in [0.3, 0.4) is 0 Å². The lowest BCUT2D eigenvalue weighted by Gasteiger charge is -2.14. The van der Waals surface area contributed by atoms with E-state index in [4.69, 9.17) is 9.47 Å². The molecular weight excluding hydrogens is 252 g/mol. The van der Waals surface area contributed by atoms with Gasteiger partial charge in [0.2, 0.25) is 0 Å². The zero-order valence-electron chi connectivity index (χ0n) is 11.9. The first-order chi connectivity index (χ1) is 9.65. The second-order valence-electron chi connectivity index (χ2n) is 4.85. The van der Waals surface area contributed by atoms with E-state index in [0.717, 1.165) is 17.1 Å². The molecule has 0 saturated carbocycles. The van der Waals surface area contributed by atoms with Crippen molar-refractivity contribution in [2.75, 3.05) is 13.2 Å². The average molecular weight is 272 g/mol. The number of benzene rings is 2. The summed E-state index contributed by atoms with van der Waals surface area (Å²) in [6.45, 7) is 4.44. The van der Waals surface area contributed by atoms with Gasteiger partial charge in [-0.15, -0.1) is 0 Å². The van der Waals surface area contributed by atoms with Crippen molar-refractivity contribution in [3.05, 3.63) is 59.7 Å². The minimum Gasteiger partial charge on any atom is -0.491 e. The highest BCUT2D eigenvalue weighted by Crippen LogP contribution is 2.16. The van der Waals surface area contributed by atoms with Crippen molar-refractivity contribution in [1.29, 1.82) is 0 Å². The Hall–Kier alpha value is -2.00. The Balaban J connectivity index is 1.77. The molecule has 0 saturated heterocycles. The van der Waals surface area contributed by atoms with Crippen LogP contribution in [0.1, 0.15) is 11.1 Å². The van der Waals surface area contributed by atoms with Crippen molar-refractivity contribution < 1.29 is 14.6 Å². The molecule has 0 heterocycles. The molecule has 0 aromatic heterocycles. The molecule has 0 aliphatic heterocycles. The van der Waals surface area contributed by atoms with Gasteiger partial charge in [0, 0.05) is 0 Å². The van der Waals surface area contributed by atoms with Crippen molar-refractivity contribution in [3.8, 4) is 11.5 Å². The zero-order chi connectivity index (χ0) is 14.4. The summed E-state index contributed by atoms with van der Waals surface area (Å²) in [4.78, 5) is 0. The molecule has 0 aliphatic rings. The first-order valence-corrected chi connectivity index (χ1v) is 6.71. The summed E-state index contributed by atoms with van der Waals surface area (Å²) in [5.74, 6) is 1.55. The minimum absolute atomic E-state index is 0.217. The Bertz CT molecular complexity index is 534. The molecule has 106 valence electrons. The van der Waals surface area contributed by atoms with E-state index in [1.807, 2.05) is 62.4 Å². The molecule has 0 aliphatic carbocycles. The third kappa shape index (κ3) is 4.28. The third-order valence-corrected chi connectivity index (χ3v) is 2.99. The molecule has 0 fully saturated rings. The highest BCUT2D eigenvalue weighted by molar-refractivity contribution is 5.31. The first-order valence-electron chi connectivity index (χ1n) is 6.71. The largest absolute Gasteiger partial charge is 0.491 e. The smallest absolute Gasteiger partial charge is 0.122 e. The molecule has 20 heavy (non-hydrogen) atoms. The molecular formula is C17H20O3. The van der Waals surface area contributed by atoms with Crippen LogP contribution in [0.5, 0.6) is 11.5 Å². The number of ether oxygens (including phenoxy) is 2. The number of hydrogen-bond donors (Lipinski definition) is 1. The van der Waals surface area contributed by atoms with Gasteiger partial charge >= 0.3 is 0 Å². The topological polar surface area (TPSA) is 38.7 Å². The molecule has 1 atom stereocenters. The molecule has 0 amide bonds. The summed E-state index contributed by atoms with van der Waals surface area (Å²) in [5, 5.41) is 9.87. The van der Waals surface area contributed by atoms with Gasteiger partial charge in [0.25, 0.3) is 0 Å². The van der Waals surface area contributed by atoms with E-state index in [9.17, 15) is 5.11 Å². The average Bonchev–Trinajstić information content (AvgIpc) is 2.46. The van der Waals surface area contributed by atoms with Crippen LogP contribution < -0.4 is 9.47 Å². The van der Waals surface area contributed by atoms with E-state index in [1.165, 1.54) is 5.56 Å². The maximum Gasteiger partial charge on any atom is 0.122 e. The SMILES string of the molecule is Cc1ccc(OCC(O)COc2ccccc2C)cc1. The van der Waals surface area contributed by atoms with E-state index in [-0.39, 0.29) is 13.2 Å². The van der Waals surface area contributed by atoms with Gasteiger partial charge in [-0.25, -0.2) is 0 Å². The molecule has 0 radical (unpaired) electrons. The first kappa shape index (κ1) is 14.4. The van der Waals surface area contributed by atoms with E-state index in [1.54, 1.807) is 0 Å². The minimum atomic E-state index is -0.657. The van der Waals surface area contributed by atoms with E-state index in [2.05, 4.69) is 0 Å². The second-order valence-corrected chi connectivity index (χ2v) is 4.85. The van der Waals surface area contributed by atoms with Crippen molar-refractivity contribution in [3.63, 3.8) is 0 Å². The molecule has 1 N–H and O–H groups in total. The predicted molar refractivity (Wildman–Crippen MR) is 79.4 cm³/mol. The molecule has 2 aromatic rings. The van der Waals surface area contributed by atoms with Crippen molar-refractivity contribution >= 4 is 0 Å². The van der Waals surface area contributed by atoms with Gasteiger partial charge in [-0.3, -0.25) is 0 Å². The van der Waals surface area contributed by atoms with Gasteiger partial charge in [-0.1, -0.05) is 35.9 Å². The van der Waals surface area contributed by atoms with E-state index in [0.29, 0.717) is 0 Å². The Kier molecular flexibility index (Phi) is 5.02. The fourth-order valence-electron chi connectivity index (χ4n) is 1.78. The van der Waals surface area contributed by atoms with Crippen molar-refractivity contribution in [2.45, 2.75) is 20.0 Å². The van der Waals surface area contributed by atoms with Crippen LogP contribution in [0.25, 0.3) is 0 Å². The lowest BCUT2D eigenvalue weighted by Crippen LogP contribution is -2.25. The maximum absolute atomic E-state index is 9.87. The van der Waals surface area contributed by atoms with E-state index < -0.39 is 6.10 Å². The van der Waals surface area contributed by atoms with Gasteiger partial charge in [-0.05, 0) is 37.6 Å². The number of aryl methyl sites for hydroxylation is 2. The predicted octanol–water partition coefficient (Wildman–Crippen LogP) is 3.12. The van der Waals surface area contributed by atoms with E-state index >= 15 is 0 Å². The molecule has 3 heteroatoms. The number of para-hydroxylation sites is 1. The van der Waals surface area contributed by atoms with Crippen LogP contribution in [-0.2, 0) is 0 Å². The normalized spacial score (nSPS) is 11.9. The molecule has 2 aromatic carbocycles. The number of aliphatic hydroxyl groups excluding tert-OH is 1. The Morgan fingerprint density at radius 2 is 1.55 bits per heavy atom. The number of hydrogen-bond acceptors (Lipinski definition) is 3. The van der Waals surface area contributed by atoms with Crippen molar-refractivity contribution in [1.82, 2.24) is 0 Å². The molecule has 0 bridgehead atoms. The molecule has 0 spiro atoms. The fraction of sp³-hybridized carbons (Fsp3) is 0.294. The highest BCUT2D eigenvalue weighted by Gasteiger charge is 2.07. The summed E-state index contributed by atoms with van der Waals surface area (Å²) >= 11 is 0. The van der Waals surface area contributed by atoms with Gasteiger partial charge in [0.15, 0.2) is 0 Å². The van der Waals surface area contributed by atoms with Gasteiger partial charge < -0.3 is 14.6 Å². The monoisotopic (exact) mass is 272 g/mol. The zero-order valence-corrected chi connectivity index (χ0v) is 11.9.